The molecule has 3 aromatic carbocycles. The molecular weight excluding hydrogens is 476 g/mol. The Bertz CT molecular complexity index is 1490. The van der Waals surface area contributed by atoms with E-state index < -0.39 is 15.8 Å². The van der Waals surface area contributed by atoms with E-state index in [1.807, 2.05) is 43.3 Å². The molecule has 0 N–H and O–H groups in total. The van der Waals surface area contributed by atoms with Gasteiger partial charge in [-0.15, -0.1) is 0 Å². The molecule has 0 bridgehead atoms. The Labute approximate surface area is 202 Å². The predicted octanol–water partition coefficient (Wildman–Crippen LogP) is 5.36. The first-order valence-electron chi connectivity index (χ1n) is 10.3. The lowest BCUT2D eigenvalue weighted by molar-refractivity contribution is 0.0601. The van der Waals surface area contributed by atoms with Crippen LogP contribution in [0.2, 0.25) is 5.02 Å². The van der Waals surface area contributed by atoms with Crippen LogP contribution < -0.4 is 0 Å². The molecule has 174 valence electrons. The lowest BCUT2D eigenvalue weighted by atomic mass is 9.95. The summed E-state index contributed by atoms with van der Waals surface area (Å²) in [4.78, 5) is 16.2. The van der Waals surface area contributed by atoms with Crippen LogP contribution >= 0.6 is 11.6 Å². The number of hydrogen-bond acceptors (Lipinski definition) is 7. The van der Waals surface area contributed by atoms with Gasteiger partial charge in [0.2, 0.25) is 5.82 Å². The molecular formula is C25H21ClN2O5S. The molecule has 1 aromatic heterocycles. The number of hydrogen-bond donors (Lipinski definition) is 0. The van der Waals surface area contributed by atoms with E-state index in [1.54, 1.807) is 18.2 Å². The number of carbonyl (C=O) groups is 1. The molecule has 0 fully saturated rings. The molecule has 7 nitrogen and oxygen atoms in total. The van der Waals surface area contributed by atoms with Crippen molar-refractivity contribution in [2.45, 2.75) is 12.7 Å². The maximum absolute atomic E-state index is 12.1. The van der Waals surface area contributed by atoms with E-state index in [9.17, 15) is 13.2 Å². The third-order valence-corrected chi connectivity index (χ3v) is 6.41. The molecule has 0 spiro atoms. The number of aromatic nitrogens is 2. The highest BCUT2D eigenvalue weighted by Crippen LogP contribution is 2.32. The normalized spacial score (nSPS) is 11.4. The number of sulfone groups is 1. The quantitative estimate of drug-likeness (QED) is 0.331. The summed E-state index contributed by atoms with van der Waals surface area (Å²) >= 11 is 6.20. The van der Waals surface area contributed by atoms with Gasteiger partial charge in [-0.05, 0) is 53.4 Å². The van der Waals surface area contributed by atoms with Gasteiger partial charge >= 0.3 is 5.97 Å². The molecule has 9 heteroatoms. The summed E-state index contributed by atoms with van der Waals surface area (Å²) in [6.07, 6.45) is 1.20. The van der Waals surface area contributed by atoms with Gasteiger partial charge in [0, 0.05) is 17.4 Å². The van der Waals surface area contributed by atoms with Gasteiger partial charge in [0.25, 0.3) is 5.89 Å². The zero-order chi connectivity index (χ0) is 24.5. The van der Waals surface area contributed by atoms with Crippen molar-refractivity contribution in [3.63, 3.8) is 0 Å². The summed E-state index contributed by atoms with van der Waals surface area (Å²) in [6, 6.07) is 18.0. The average molecular weight is 497 g/mol. The van der Waals surface area contributed by atoms with Gasteiger partial charge in [0.05, 0.1) is 23.4 Å². The fourth-order valence-electron chi connectivity index (χ4n) is 3.65. The Morgan fingerprint density at radius 3 is 2.44 bits per heavy atom. The van der Waals surface area contributed by atoms with E-state index in [0.29, 0.717) is 16.7 Å². The van der Waals surface area contributed by atoms with Crippen molar-refractivity contribution < 1.29 is 22.5 Å². The van der Waals surface area contributed by atoms with Crippen LogP contribution in [0, 0.1) is 6.92 Å². The highest BCUT2D eigenvalue weighted by Gasteiger charge is 2.18. The number of carbonyl (C=O) groups excluding carboxylic acids is 1. The van der Waals surface area contributed by atoms with Crippen molar-refractivity contribution in [1.82, 2.24) is 10.1 Å². The first-order chi connectivity index (χ1) is 16.2. The minimum absolute atomic E-state index is 0.129. The number of methoxy groups -OCH3 is 1. The van der Waals surface area contributed by atoms with Crippen LogP contribution in [0.3, 0.4) is 0 Å². The summed E-state index contributed by atoms with van der Waals surface area (Å²) < 4.78 is 34.4. The van der Waals surface area contributed by atoms with Crippen LogP contribution in [0.4, 0.5) is 0 Å². The van der Waals surface area contributed by atoms with Crippen molar-refractivity contribution in [1.29, 1.82) is 0 Å². The van der Waals surface area contributed by atoms with E-state index in [-0.39, 0.29) is 28.1 Å². The summed E-state index contributed by atoms with van der Waals surface area (Å²) in [5, 5.41) is 4.22. The number of nitrogens with zero attached hydrogens (tertiary/aromatic N) is 2. The van der Waals surface area contributed by atoms with Crippen molar-refractivity contribution in [3.8, 4) is 34.0 Å². The maximum Gasteiger partial charge on any atom is 0.339 e. The number of aryl methyl sites for hydroxylation is 1. The second-order valence-corrected chi connectivity index (χ2v) is 10.4. The first kappa shape index (κ1) is 23.7. The Kier molecular flexibility index (Phi) is 6.54. The highest BCUT2D eigenvalue weighted by molar-refractivity contribution is 7.89. The summed E-state index contributed by atoms with van der Waals surface area (Å²) in [6.45, 7) is 1.98. The molecule has 0 amide bonds. The number of benzene rings is 3. The number of ether oxygens (including phenoxy) is 1. The smallest absolute Gasteiger partial charge is 0.339 e. The van der Waals surface area contributed by atoms with Crippen LogP contribution in [0.15, 0.2) is 65.2 Å². The van der Waals surface area contributed by atoms with E-state index in [4.69, 9.17) is 20.9 Å². The molecule has 0 aliphatic rings. The van der Waals surface area contributed by atoms with Crippen LogP contribution in [-0.4, -0.2) is 37.9 Å². The molecule has 0 radical (unpaired) electrons. The summed E-state index contributed by atoms with van der Waals surface area (Å²) in [5.74, 6) is -0.163. The van der Waals surface area contributed by atoms with Gasteiger partial charge in [-0.2, -0.15) is 4.98 Å². The minimum atomic E-state index is -3.29. The molecule has 1 heterocycles. The Hall–Kier alpha value is -3.49. The zero-order valence-electron chi connectivity index (χ0n) is 18.7. The van der Waals surface area contributed by atoms with E-state index >= 15 is 0 Å². The summed E-state index contributed by atoms with van der Waals surface area (Å²) in [5.41, 5.74) is 4.84. The lowest BCUT2D eigenvalue weighted by Crippen LogP contribution is -2.03. The molecule has 0 aliphatic heterocycles. The third-order valence-electron chi connectivity index (χ3n) is 5.26. The topological polar surface area (TPSA) is 99.4 Å². The Balaban J connectivity index is 1.73. The maximum atomic E-state index is 12.1. The predicted molar refractivity (Wildman–Crippen MR) is 130 cm³/mol. The van der Waals surface area contributed by atoms with Gasteiger partial charge in [0.1, 0.15) is 0 Å². The fourth-order valence-corrected chi connectivity index (χ4v) is 4.72. The van der Waals surface area contributed by atoms with Crippen LogP contribution in [0.25, 0.3) is 34.0 Å². The Morgan fingerprint density at radius 1 is 1.03 bits per heavy atom. The van der Waals surface area contributed by atoms with Crippen molar-refractivity contribution in [2.24, 2.45) is 0 Å². The molecule has 0 saturated carbocycles. The van der Waals surface area contributed by atoms with E-state index in [1.165, 1.54) is 19.4 Å². The van der Waals surface area contributed by atoms with Crippen molar-refractivity contribution in [2.75, 3.05) is 13.4 Å². The van der Waals surface area contributed by atoms with Gasteiger partial charge in [-0.1, -0.05) is 53.2 Å². The monoisotopic (exact) mass is 496 g/mol. The van der Waals surface area contributed by atoms with Gasteiger partial charge < -0.3 is 9.26 Å². The second kappa shape index (κ2) is 9.40. The third kappa shape index (κ3) is 5.03. The lowest BCUT2D eigenvalue weighted by Gasteiger charge is -2.12. The molecule has 4 rings (SSSR count). The van der Waals surface area contributed by atoms with Crippen LogP contribution in [0.1, 0.15) is 21.5 Å². The minimum Gasteiger partial charge on any atom is -0.465 e. The second-order valence-electron chi connectivity index (χ2n) is 7.87. The number of halogens is 1. The highest BCUT2D eigenvalue weighted by atomic mass is 35.5. The van der Waals surface area contributed by atoms with E-state index in [2.05, 4.69) is 10.1 Å². The standard InChI is InChI=1S/C25H21ClN2O5S/c1-15-6-4-5-7-19(15)20-10-9-17(12-18(20)14-34(3,30)31)24-27-23(28-33-24)16-8-11-21(22(26)13-16)25(29)32-2/h4-13H,14H2,1-3H3. The van der Waals surface area contributed by atoms with Gasteiger partial charge in [-0.25, -0.2) is 13.2 Å². The fraction of sp³-hybridized carbons (Fsp3) is 0.160. The van der Waals surface area contributed by atoms with Crippen molar-refractivity contribution >= 4 is 27.4 Å². The first-order valence-corrected chi connectivity index (χ1v) is 12.7. The van der Waals surface area contributed by atoms with E-state index in [0.717, 1.165) is 16.7 Å². The number of rotatable bonds is 6. The molecule has 34 heavy (non-hydrogen) atoms. The van der Waals surface area contributed by atoms with Crippen LogP contribution in [-0.2, 0) is 20.3 Å². The largest absolute Gasteiger partial charge is 0.465 e. The molecule has 0 saturated heterocycles. The SMILES string of the molecule is COC(=O)c1ccc(-c2noc(-c3ccc(-c4ccccc4C)c(CS(C)(=O)=O)c3)n2)cc1Cl. The van der Waals surface area contributed by atoms with Crippen molar-refractivity contribution in [3.05, 3.63) is 82.4 Å². The van der Waals surface area contributed by atoms with Crippen LogP contribution in [0.5, 0.6) is 0 Å². The molecule has 0 atom stereocenters. The summed E-state index contributed by atoms with van der Waals surface area (Å²) in [7, 11) is -2.02. The Morgan fingerprint density at radius 2 is 1.76 bits per heavy atom. The van der Waals surface area contributed by atoms with Gasteiger partial charge in [0.15, 0.2) is 9.84 Å². The zero-order valence-corrected chi connectivity index (χ0v) is 20.3. The molecule has 0 aliphatic carbocycles. The number of esters is 1. The van der Waals surface area contributed by atoms with Gasteiger partial charge in [-0.3, -0.25) is 0 Å². The molecule has 0 unspecified atom stereocenters. The average Bonchev–Trinajstić information content (AvgIpc) is 3.28. The molecule has 4 aromatic rings.